The lowest BCUT2D eigenvalue weighted by Gasteiger charge is -2.43. The summed E-state index contributed by atoms with van der Waals surface area (Å²) in [5.41, 5.74) is 2.12. The van der Waals surface area contributed by atoms with Crippen molar-refractivity contribution >= 4 is 17.5 Å². The van der Waals surface area contributed by atoms with Crippen molar-refractivity contribution in [3.63, 3.8) is 0 Å². The Bertz CT molecular complexity index is 1420. The zero-order valence-corrected chi connectivity index (χ0v) is 21.1. The summed E-state index contributed by atoms with van der Waals surface area (Å²) < 4.78 is 17.9. The number of furan rings is 1. The molecule has 9 nitrogen and oxygen atoms in total. The Morgan fingerprint density at radius 2 is 1.78 bits per heavy atom. The highest BCUT2D eigenvalue weighted by Gasteiger charge is 2.49. The van der Waals surface area contributed by atoms with Crippen LogP contribution in [0.4, 0.5) is 5.69 Å². The van der Waals surface area contributed by atoms with Gasteiger partial charge in [-0.2, -0.15) is 5.10 Å². The Balaban J connectivity index is 1.57. The van der Waals surface area contributed by atoms with E-state index < -0.39 is 5.54 Å². The standard InChI is InChI=1S/C28H28N4O5/c1-18-7-9-19(10-8-18)16-29-27(34)28(2)17-31-24(15-23(30-31)25-6-5-11-37-25)26(33)32(28)20-12-21(35-3)14-22(13-20)36-4/h5-15H,16-17H2,1-4H3,(H,29,34). The summed E-state index contributed by atoms with van der Waals surface area (Å²) in [6, 6.07) is 18.3. The normalized spacial score (nSPS) is 16.9. The topological polar surface area (TPSA) is 98.8 Å². The van der Waals surface area contributed by atoms with E-state index in [-0.39, 0.29) is 18.4 Å². The Morgan fingerprint density at radius 1 is 1.08 bits per heavy atom. The predicted molar refractivity (Wildman–Crippen MR) is 138 cm³/mol. The van der Waals surface area contributed by atoms with Crippen LogP contribution in [0.2, 0.25) is 0 Å². The molecule has 1 N–H and O–H groups in total. The SMILES string of the molecule is COc1cc(OC)cc(N2C(=O)c3cc(-c4ccco4)nn3CC2(C)C(=O)NCc2ccc(C)cc2)c1. The molecule has 4 aromatic rings. The number of fused-ring (bicyclic) bond motifs is 1. The molecule has 190 valence electrons. The molecule has 1 atom stereocenters. The molecule has 0 aliphatic carbocycles. The molecule has 3 heterocycles. The maximum atomic E-state index is 14.0. The summed E-state index contributed by atoms with van der Waals surface area (Å²) in [6.45, 7) is 4.20. The largest absolute Gasteiger partial charge is 0.497 e. The maximum Gasteiger partial charge on any atom is 0.277 e. The van der Waals surface area contributed by atoms with Crippen molar-refractivity contribution in [1.29, 1.82) is 0 Å². The highest BCUT2D eigenvalue weighted by molar-refractivity contribution is 6.12. The lowest BCUT2D eigenvalue weighted by Crippen LogP contribution is -2.64. The Labute approximate surface area is 214 Å². The number of benzene rings is 2. The lowest BCUT2D eigenvalue weighted by molar-refractivity contribution is -0.126. The van der Waals surface area contributed by atoms with Crippen LogP contribution in [0.5, 0.6) is 11.5 Å². The Hall–Kier alpha value is -4.53. The van der Waals surface area contributed by atoms with Crippen LogP contribution in [0.25, 0.3) is 11.5 Å². The van der Waals surface area contributed by atoms with Gasteiger partial charge in [0.25, 0.3) is 5.91 Å². The third-order valence-electron chi connectivity index (χ3n) is 6.58. The minimum absolute atomic E-state index is 0.133. The van der Waals surface area contributed by atoms with Gasteiger partial charge in [-0.3, -0.25) is 19.2 Å². The van der Waals surface area contributed by atoms with Gasteiger partial charge in [0.2, 0.25) is 5.91 Å². The van der Waals surface area contributed by atoms with Crippen LogP contribution >= 0.6 is 0 Å². The summed E-state index contributed by atoms with van der Waals surface area (Å²) in [6.07, 6.45) is 1.55. The molecule has 9 heteroatoms. The predicted octanol–water partition coefficient (Wildman–Crippen LogP) is 4.20. The molecule has 37 heavy (non-hydrogen) atoms. The van der Waals surface area contributed by atoms with Crippen molar-refractivity contribution in [3.8, 4) is 23.0 Å². The summed E-state index contributed by atoms with van der Waals surface area (Å²) in [5, 5.41) is 7.61. The second-order valence-corrected chi connectivity index (χ2v) is 9.20. The average Bonchev–Trinajstić information content (AvgIpc) is 3.58. The fourth-order valence-corrected chi connectivity index (χ4v) is 4.53. The van der Waals surface area contributed by atoms with Gasteiger partial charge in [0.05, 0.1) is 32.7 Å². The lowest BCUT2D eigenvalue weighted by atomic mass is 9.93. The van der Waals surface area contributed by atoms with E-state index in [4.69, 9.17) is 13.9 Å². The van der Waals surface area contributed by atoms with Gasteiger partial charge in [0.15, 0.2) is 5.76 Å². The fraction of sp³-hybridized carbons (Fsp3) is 0.250. The van der Waals surface area contributed by atoms with Crippen molar-refractivity contribution in [2.75, 3.05) is 19.1 Å². The zero-order chi connectivity index (χ0) is 26.2. The molecule has 0 bridgehead atoms. The molecule has 0 spiro atoms. The average molecular weight is 501 g/mol. The second-order valence-electron chi connectivity index (χ2n) is 9.20. The summed E-state index contributed by atoms with van der Waals surface area (Å²) in [4.78, 5) is 29.3. The molecule has 5 rings (SSSR count). The van der Waals surface area contributed by atoms with Crippen molar-refractivity contribution < 1.29 is 23.5 Å². The van der Waals surface area contributed by atoms with E-state index in [1.54, 1.807) is 54.3 Å². The molecule has 2 aromatic carbocycles. The number of carbonyl (C=O) groups is 2. The first-order valence-electron chi connectivity index (χ1n) is 11.9. The Kier molecular flexibility index (Phi) is 6.20. The third kappa shape index (κ3) is 4.44. The van der Waals surface area contributed by atoms with Crippen LogP contribution in [-0.2, 0) is 17.9 Å². The van der Waals surface area contributed by atoms with E-state index >= 15 is 0 Å². The molecular formula is C28H28N4O5. The van der Waals surface area contributed by atoms with Crippen molar-refractivity contribution in [2.45, 2.75) is 32.5 Å². The van der Waals surface area contributed by atoms with Gasteiger partial charge in [-0.25, -0.2) is 0 Å². The fourth-order valence-electron chi connectivity index (χ4n) is 4.53. The van der Waals surface area contributed by atoms with E-state index in [1.165, 1.54) is 19.1 Å². The number of nitrogens with zero attached hydrogens (tertiary/aromatic N) is 3. The zero-order valence-electron chi connectivity index (χ0n) is 21.1. The number of methoxy groups -OCH3 is 2. The summed E-state index contributed by atoms with van der Waals surface area (Å²) >= 11 is 0. The highest BCUT2D eigenvalue weighted by Crippen LogP contribution is 2.37. The first-order valence-corrected chi connectivity index (χ1v) is 11.9. The molecule has 1 aliphatic rings. The molecule has 1 aliphatic heterocycles. The minimum atomic E-state index is -1.31. The quantitative estimate of drug-likeness (QED) is 0.408. The van der Waals surface area contributed by atoms with Crippen LogP contribution in [0, 0.1) is 6.92 Å². The van der Waals surface area contributed by atoms with Gasteiger partial charge >= 0.3 is 0 Å². The number of carbonyl (C=O) groups excluding carboxylic acids is 2. The van der Waals surface area contributed by atoms with E-state index in [0.29, 0.717) is 40.9 Å². The van der Waals surface area contributed by atoms with Crippen molar-refractivity contribution in [3.05, 3.63) is 83.7 Å². The molecule has 0 fully saturated rings. The number of anilines is 1. The summed E-state index contributed by atoms with van der Waals surface area (Å²) in [7, 11) is 3.07. The second kappa shape index (κ2) is 9.50. The van der Waals surface area contributed by atoms with Crippen molar-refractivity contribution in [1.82, 2.24) is 15.1 Å². The first-order chi connectivity index (χ1) is 17.8. The smallest absolute Gasteiger partial charge is 0.277 e. The van der Waals surface area contributed by atoms with Crippen LogP contribution in [0.1, 0.15) is 28.5 Å². The number of aryl methyl sites for hydroxylation is 1. The maximum absolute atomic E-state index is 14.0. The number of nitrogens with one attached hydrogen (secondary N) is 1. The molecule has 1 unspecified atom stereocenters. The Morgan fingerprint density at radius 3 is 2.41 bits per heavy atom. The minimum Gasteiger partial charge on any atom is -0.497 e. The number of hydrogen-bond acceptors (Lipinski definition) is 6. The number of hydrogen-bond donors (Lipinski definition) is 1. The number of ether oxygens (including phenoxy) is 2. The third-order valence-corrected chi connectivity index (χ3v) is 6.58. The first kappa shape index (κ1) is 24.2. The molecule has 2 aromatic heterocycles. The molecular weight excluding hydrogens is 472 g/mol. The van der Waals surface area contributed by atoms with E-state index in [9.17, 15) is 9.59 Å². The molecule has 0 saturated carbocycles. The number of rotatable bonds is 7. The van der Waals surface area contributed by atoms with Gasteiger partial charge in [-0.15, -0.1) is 0 Å². The number of aromatic nitrogens is 2. The van der Waals surface area contributed by atoms with Gasteiger partial charge in [-0.1, -0.05) is 29.8 Å². The summed E-state index contributed by atoms with van der Waals surface area (Å²) in [5.74, 6) is 0.846. The van der Waals surface area contributed by atoms with E-state index in [0.717, 1.165) is 11.1 Å². The van der Waals surface area contributed by atoms with Gasteiger partial charge in [0, 0.05) is 30.8 Å². The molecule has 2 amide bonds. The van der Waals surface area contributed by atoms with E-state index in [2.05, 4.69) is 10.4 Å². The van der Waals surface area contributed by atoms with Gasteiger partial charge in [0.1, 0.15) is 28.4 Å². The van der Waals surface area contributed by atoms with Gasteiger partial charge < -0.3 is 19.2 Å². The van der Waals surface area contributed by atoms with Crippen LogP contribution in [0.3, 0.4) is 0 Å². The van der Waals surface area contributed by atoms with Gasteiger partial charge in [-0.05, 0) is 31.5 Å². The van der Waals surface area contributed by atoms with Crippen LogP contribution < -0.4 is 19.7 Å². The van der Waals surface area contributed by atoms with Crippen molar-refractivity contribution in [2.24, 2.45) is 0 Å². The van der Waals surface area contributed by atoms with Crippen LogP contribution in [0.15, 0.2) is 71.3 Å². The number of amides is 2. The molecule has 0 radical (unpaired) electrons. The van der Waals surface area contributed by atoms with Crippen LogP contribution in [-0.4, -0.2) is 41.4 Å². The highest BCUT2D eigenvalue weighted by atomic mass is 16.5. The molecule has 0 saturated heterocycles. The van der Waals surface area contributed by atoms with E-state index in [1.807, 2.05) is 31.2 Å². The monoisotopic (exact) mass is 500 g/mol.